The van der Waals surface area contributed by atoms with Crippen LogP contribution in [-0.2, 0) is 0 Å². The predicted octanol–water partition coefficient (Wildman–Crippen LogP) is 5.99. The molecule has 0 saturated carbocycles. The molecule has 2 heterocycles. The molecule has 0 atom stereocenters. The molecule has 6 nitrogen and oxygen atoms in total. The fraction of sp³-hybridized carbons (Fsp3) is 0.190. The molecule has 30 heavy (non-hydrogen) atoms. The highest BCUT2D eigenvalue weighted by atomic mass is 35.5. The number of ether oxygens (including phenoxy) is 1. The first-order valence-electron chi connectivity index (χ1n) is 9.40. The van der Waals surface area contributed by atoms with Gasteiger partial charge in [0.15, 0.2) is 10.9 Å². The first-order chi connectivity index (χ1) is 14.5. The molecule has 2 N–H and O–H groups in total. The second kappa shape index (κ2) is 9.13. The molecule has 0 fully saturated rings. The van der Waals surface area contributed by atoms with Crippen LogP contribution in [0.2, 0.25) is 5.02 Å². The normalized spacial score (nSPS) is 11.1. The average Bonchev–Trinajstić information content (AvgIpc) is 3.12. The maximum absolute atomic E-state index is 6.36. The summed E-state index contributed by atoms with van der Waals surface area (Å²) in [6.07, 6.45) is 1.59. The van der Waals surface area contributed by atoms with Gasteiger partial charge in [-0.2, -0.15) is 4.98 Å². The van der Waals surface area contributed by atoms with Crippen LogP contribution < -0.4 is 20.7 Å². The SMILES string of the molecule is CCOc1ccc2nc(Nc3ncc(Cl)c(Nc4ccccc4P(C)C)n3)sc2c1. The molecule has 0 aliphatic carbocycles. The van der Waals surface area contributed by atoms with Crippen molar-refractivity contribution in [3.8, 4) is 5.75 Å². The number of para-hydroxylation sites is 1. The number of hydrogen-bond donors (Lipinski definition) is 2. The van der Waals surface area contributed by atoms with E-state index in [1.165, 1.54) is 16.6 Å². The lowest BCUT2D eigenvalue weighted by Crippen LogP contribution is -2.09. The van der Waals surface area contributed by atoms with Gasteiger partial charge in [-0.15, -0.1) is 0 Å². The summed E-state index contributed by atoms with van der Waals surface area (Å²) in [5, 5.41) is 8.96. The van der Waals surface area contributed by atoms with E-state index in [4.69, 9.17) is 16.3 Å². The average molecular weight is 458 g/mol. The topological polar surface area (TPSA) is 72.0 Å². The molecule has 0 bridgehead atoms. The number of thiazole rings is 1. The van der Waals surface area contributed by atoms with Crippen molar-refractivity contribution in [1.82, 2.24) is 15.0 Å². The molecule has 4 rings (SSSR count). The lowest BCUT2D eigenvalue weighted by molar-refractivity contribution is 0.341. The van der Waals surface area contributed by atoms with Gasteiger partial charge in [0.2, 0.25) is 5.95 Å². The summed E-state index contributed by atoms with van der Waals surface area (Å²) in [4.78, 5) is 13.5. The monoisotopic (exact) mass is 457 g/mol. The third kappa shape index (κ3) is 4.64. The van der Waals surface area contributed by atoms with Crippen molar-refractivity contribution in [1.29, 1.82) is 0 Å². The summed E-state index contributed by atoms with van der Waals surface area (Å²) >= 11 is 7.87. The highest BCUT2D eigenvalue weighted by Crippen LogP contribution is 2.33. The van der Waals surface area contributed by atoms with Crippen LogP contribution in [0.4, 0.5) is 22.6 Å². The van der Waals surface area contributed by atoms with Gasteiger partial charge >= 0.3 is 0 Å². The maximum Gasteiger partial charge on any atom is 0.231 e. The van der Waals surface area contributed by atoms with Crippen molar-refractivity contribution in [3.05, 3.63) is 53.7 Å². The van der Waals surface area contributed by atoms with Crippen molar-refractivity contribution < 1.29 is 4.74 Å². The zero-order valence-corrected chi connectivity index (χ0v) is 19.3. The van der Waals surface area contributed by atoms with Crippen LogP contribution in [0.3, 0.4) is 0 Å². The van der Waals surface area contributed by atoms with Gasteiger partial charge in [0.1, 0.15) is 10.8 Å². The summed E-state index contributed by atoms with van der Waals surface area (Å²) in [6.45, 7) is 7.03. The third-order valence-corrected chi connectivity index (χ3v) is 6.84. The molecule has 2 aromatic carbocycles. The maximum atomic E-state index is 6.36. The van der Waals surface area contributed by atoms with Crippen molar-refractivity contribution >= 4 is 69.0 Å². The van der Waals surface area contributed by atoms with Crippen LogP contribution in [0, 0.1) is 0 Å². The molecule has 0 aliphatic heterocycles. The van der Waals surface area contributed by atoms with E-state index in [1.54, 1.807) is 6.20 Å². The van der Waals surface area contributed by atoms with Crippen molar-refractivity contribution in [2.24, 2.45) is 0 Å². The highest BCUT2D eigenvalue weighted by molar-refractivity contribution is 7.64. The van der Waals surface area contributed by atoms with Gasteiger partial charge < -0.3 is 10.1 Å². The molecule has 0 spiro atoms. The number of aromatic nitrogens is 3. The number of nitrogens with zero attached hydrogens (tertiary/aromatic N) is 3. The van der Waals surface area contributed by atoms with Gasteiger partial charge in [0.05, 0.1) is 23.0 Å². The number of nitrogens with one attached hydrogen (secondary N) is 2. The first-order valence-corrected chi connectivity index (χ1v) is 12.8. The summed E-state index contributed by atoms with van der Waals surface area (Å²) in [6, 6.07) is 14.1. The Hall–Kier alpha value is -2.47. The lowest BCUT2D eigenvalue weighted by atomic mass is 10.3. The largest absolute Gasteiger partial charge is 0.494 e. The summed E-state index contributed by atoms with van der Waals surface area (Å²) in [5.74, 6) is 1.82. The first kappa shape index (κ1) is 20.8. The Labute approximate surface area is 185 Å². The summed E-state index contributed by atoms with van der Waals surface area (Å²) in [7, 11) is -0.270. The van der Waals surface area contributed by atoms with Crippen LogP contribution in [0.1, 0.15) is 6.92 Å². The third-order valence-electron chi connectivity index (χ3n) is 4.27. The minimum atomic E-state index is -0.270. The number of hydrogen-bond acceptors (Lipinski definition) is 7. The Bertz CT molecular complexity index is 1180. The molecular formula is C21H21ClN5OPS. The van der Waals surface area contributed by atoms with E-state index >= 15 is 0 Å². The van der Waals surface area contributed by atoms with E-state index in [0.29, 0.717) is 28.5 Å². The van der Waals surface area contributed by atoms with Gasteiger partial charge in [-0.3, -0.25) is 5.32 Å². The van der Waals surface area contributed by atoms with Gasteiger partial charge in [-0.05, 0) is 49.8 Å². The molecule has 9 heteroatoms. The van der Waals surface area contributed by atoms with Crippen LogP contribution in [0.15, 0.2) is 48.7 Å². The Morgan fingerprint density at radius 2 is 1.93 bits per heavy atom. The lowest BCUT2D eigenvalue weighted by Gasteiger charge is -2.15. The Balaban J connectivity index is 1.58. The molecule has 4 aromatic rings. The van der Waals surface area contributed by atoms with Gasteiger partial charge in [-0.25, -0.2) is 9.97 Å². The molecule has 0 saturated heterocycles. The van der Waals surface area contributed by atoms with Crippen LogP contribution >= 0.6 is 30.9 Å². The van der Waals surface area contributed by atoms with Crippen molar-refractivity contribution in [2.45, 2.75) is 6.92 Å². The van der Waals surface area contributed by atoms with E-state index in [1.807, 2.05) is 43.3 Å². The number of fused-ring (bicyclic) bond motifs is 1. The van der Waals surface area contributed by atoms with E-state index < -0.39 is 0 Å². The number of benzene rings is 2. The Morgan fingerprint density at radius 3 is 2.73 bits per heavy atom. The molecule has 0 amide bonds. The molecule has 0 radical (unpaired) electrons. The van der Waals surface area contributed by atoms with E-state index in [0.717, 1.165) is 21.7 Å². The molecule has 0 unspecified atom stereocenters. The quantitative estimate of drug-likeness (QED) is 0.332. The number of halogens is 1. The van der Waals surface area contributed by atoms with Gasteiger partial charge in [0.25, 0.3) is 0 Å². The second-order valence-electron chi connectivity index (χ2n) is 6.63. The Morgan fingerprint density at radius 1 is 1.10 bits per heavy atom. The second-order valence-corrected chi connectivity index (χ2v) is 10.3. The van der Waals surface area contributed by atoms with Crippen molar-refractivity contribution in [2.75, 3.05) is 30.6 Å². The molecule has 154 valence electrons. The molecular weight excluding hydrogens is 437 g/mol. The van der Waals surface area contributed by atoms with Crippen LogP contribution in [0.25, 0.3) is 10.2 Å². The van der Waals surface area contributed by atoms with E-state index in [2.05, 4.69) is 45.0 Å². The fourth-order valence-electron chi connectivity index (χ4n) is 2.92. The molecule has 2 aromatic heterocycles. The van der Waals surface area contributed by atoms with Crippen LogP contribution in [-0.4, -0.2) is 34.9 Å². The van der Waals surface area contributed by atoms with Crippen molar-refractivity contribution in [3.63, 3.8) is 0 Å². The zero-order chi connectivity index (χ0) is 21.1. The highest BCUT2D eigenvalue weighted by Gasteiger charge is 2.12. The van der Waals surface area contributed by atoms with Gasteiger partial charge in [-0.1, -0.05) is 49.1 Å². The fourth-order valence-corrected chi connectivity index (χ4v) is 4.95. The zero-order valence-electron chi connectivity index (χ0n) is 16.8. The summed E-state index contributed by atoms with van der Waals surface area (Å²) < 4.78 is 6.60. The Kier molecular flexibility index (Phi) is 6.32. The molecule has 0 aliphatic rings. The smallest absolute Gasteiger partial charge is 0.231 e. The standard InChI is InChI=1S/C21H21ClN5OPS/c1-4-28-13-9-10-16-18(11-13)30-21(25-16)27-20-23-12-14(22)19(26-20)24-15-7-5-6-8-17(15)29(2)3/h5-12H,4H2,1-3H3,(H2,23,24,25,26,27). The van der Waals surface area contributed by atoms with E-state index in [-0.39, 0.29) is 7.92 Å². The summed E-state index contributed by atoms with van der Waals surface area (Å²) in [5.41, 5.74) is 1.90. The number of anilines is 4. The van der Waals surface area contributed by atoms with Crippen LogP contribution in [0.5, 0.6) is 5.75 Å². The predicted molar refractivity (Wildman–Crippen MR) is 129 cm³/mol. The number of rotatable bonds is 7. The van der Waals surface area contributed by atoms with Gasteiger partial charge in [0, 0.05) is 5.69 Å². The van der Waals surface area contributed by atoms with E-state index in [9.17, 15) is 0 Å². The minimum absolute atomic E-state index is 0.270. The minimum Gasteiger partial charge on any atom is -0.494 e.